The molecule has 0 atom stereocenters. The number of rotatable bonds is 2. The molecule has 1 amide bonds. The summed E-state index contributed by atoms with van der Waals surface area (Å²) in [5.41, 5.74) is -0.547. The predicted octanol–water partition coefficient (Wildman–Crippen LogP) is 4.39. The summed E-state index contributed by atoms with van der Waals surface area (Å²) in [5.74, 6) is 0.0273. The average molecular weight is 364 g/mol. The van der Waals surface area contributed by atoms with Gasteiger partial charge in [0, 0.05) is 30.8 Å². The molecular formula is C18H15F3N2O3. The maximum Gasteiger partial charge on any atom is 0.433 e. The first-order chi connectivity index (χ1) is 12.3. The zero-order valence-corrected chi connectivity index (χ0v) is 13.6. The third-order valence-electron chi connectivity index (χ3n) is 4.47. The van der Waals surface area contributed by atoms with Gasteiger partial charge in [-0.05, 0) is 37.1 Å². The third kappa shape index (κ3) is 3.07. The second kappa shape index (κ2) is 5.89. The predicted molar refractivity (Wildman–Crippen MR) is 86.1 cm³/mol. The normalized spacial score (nSPS) is 17.5. The second-order valence-electron chi connectivity index (χ2n) is 6.37. The summed E-state index contributed by atoms with van der Waals surface area (Å²) in [7, 11) is 0. The minimum absolute atomic E-state index is 0.0305. The molecule has 1 aliphatic heterocycles. The van der Waals surface area contributed by atoms with Crippen LogP contribution in [0.3, 0.4) is 0 Å². The van der Waals surface area contributed by atoms with Crippen molar-refractivity contribution in [1.82, 2.24) is 4.98 Å². The number of nitrogens with one attached hydrogen (secondary N) is 1. The van der Waals surface area contributed by atoms with E-state index in [0.29, 0.717) is 17.2 Å². The fourth-order valence-corrected chi connectivity index (χ4v) is 3.19. The smallest absolute Gasteiger partial charge is 0.433 e. The summed E-state index contributed by atoms with van der Waals surface area (Å²) in [4.78, 5) is 15.5. The first kappa shape index (κ1) is 16.7. The molecular weight excluding hydrogens is 349 g/mol. The maximum atomic E-state index is 12.5. The van der Waals surface area contributed by atoms with Gasteiger partial charge in [-0.2, -0.15) is 13.2 Å². The molecule has 1 spiro atoms. The Hall–Kier alpha value is -2.77. The number of aromatic nitrogens is 1. The molecule has 1 saturated carbocycles. The van der Waals surface area contributed by atoms with Crippen LogP contribution in [0.4, 0.5) is 18.9 Å². The monoisotopic (exact) mass is 364 g/mol. The first-order valence-electron chi connectivity index (χ1n) is 8.21. The van der Waals surface area contributed by atoms with E-state index >= 15 is 0 Å². The molecule has 26 heavy (non-hydrogen) atoms. The van der Waals surface area contributed by atoms with E-state index in [1.807, 2.05) is 0 Å². The van der Waals surface area contributed by atoms with Gasteiger partial charge in [0.15, 0.2) is 11.5 Å². The van der Waals surface area contributed by atoms with Crippen molar-refractivity contribution in [3.8, 4) is 11.5 Å². The lowest BCUT2D eigenvalue weighted by atomic mass is 10.2. The van der Waals surface area contributed by atoms with E-state index in [9.17, 15) is 18.0 Å². The van der Waals surface area contributed by atoms with Gasteiger partial charge in [-0.3, -0.25) is 9.78 Å². The largest absolute Gasteiger partial charge is 0.448 e. The van der Waals surface area contributed by atoms with E-state index in [0.717, 1.165) is 44.0 Å². The van der Waals surface area contributed by atoms with Gasteiger partial charge in [0.25, 0.3) is 11.7 Å². The Balaban J connectivity index is 1.47. The number of alkyl halides is 3. The number of hydrogen-bond donors (Lipinski definition) is 1. The number of carbonyl (C=O) groups is 1. The molecule has 1 aliphatic carbocycles. The molecule has 8 heteroatoms. The molecule has 1 fully saturated rings. The summed E-state index contributed by atoms with van der Waals surface area (Å²) in [6, 6.07) is 6.89. The van der Waals surface area contributed by atoms with Crippen LogP contribution in [-0.4, -0.2) is 16.7 Å². The van der Waals surface area contributed by atoms with E-state index in [1.165, 1.54) is 0 Å². The highest BCUT2D eigenvalue weighted by atomic mass is 19.4. The van der Waals surface area contributed by atoms with Gasteiger partial charge in [-0.15, -0.1) is 0 Å². The molecule has 0 saturated heterocycles. The van der Waals surface area contributed by atoms with Gasteiger partial charge in [0.1, 0.15) is 5.69 Å². The summed E-state index contributed by atoms with van der Waals surface area (Å²) in [5, 5.41) is 2.63. The van der Waals surface area contributed by atoms with Gasteiger partial charge < -0.3 is 14.8 Å². The molecule has 136 valence electrons. The lowest BCUT2D eigenvalue weighted by Crippen LogP contribution is -2.34. The maximum absolute atomic E-state index is 12.5. The van der Waals surface area contributed by atoms with Crippen LogP contribution < -0.4 is 14.8 Å². The van der Waals surface area contributed by atoms with Crippen molar-refractivity contribution < 1.29 is 27.4 Å². The number of carbonyl (C=O) groups excluding carboxylic acids is 1. The van der Waals surface area contributed by atoms with Crippen LogP contribution in [-0.2, 0) is 6.18 Å². The Labute approximate surface area is 147 Å². The highest BCUT2D eigenvalue weighted by Crippen LogP contribution is 2.47. The highest BCUT2D eigenvalue weighted by molar-refractivity contribution is 6.04. The van der Waals surface area contributed by atoms with Crippen LogP contribution in [0, 0.1) is 0 Å². The molecule has 5 nitrogen and oxygen atoms in total. The summed E-state index contributed by atoms with van der Waals surface area (Å²) >= 11 is 0. The molecule has 1 N–H and O–H groups in total. The third-order valence-corrected chi connectivity index (χ3v) is 4.47. The topological polar surface area (TPSA) is 60.5 Å². The van der Waals surface area contributed by atoms with Gasteiger partial charge in [-0.25, -0.2) is 0 Å². The molecule has 0 unspecified atom stereocenters. The van der Waals surface area contributed by atoms with Crippen molar-refractivity contribution in [3.05, 3.63) is 47.8 Å². The van der Waals surface area contributed by atoms with Gasteiger partial charge >= 0.3 is 6.18 Å². The van der Waals surface area contributed by atoms with E-state index in [-0.39, 0.29) is 5.56 Å². The molecule has 2 aromatic rings. The highest BCUT2D eigenvalue weighted by Gasteiger charge is 2.44. The van der Waals surface area contributed by atoms with Crippen molar-refractivity contribution >= 4 is 11.6 Å². The van der Waals surface area contributed by atoms with Crippen LogP contribution in [0.25, 0.3) is 0 Å². The van der Waals surface area contributed by atoms with E-state index in [4.69, 9.17) is 9.47 Å². The number of ether oxygens (including phenoxy) is 2. The van der Waals surface area contributed by atoms with Crippen LogP contribution in [0.2, 0.25) is 0 Å². The zero-order chi connectivity index (χ0) is 18.4. The fraction of sp³-hybridized carbons (Fsp3) is 0.333. The Morgan fingerprint density at radius 1 is 1.08 bits per heavy atom. The standard InChI is InChI=1S/C18H15F3N2O3/c19-18(20,21)15-6-3-11(10-22-15)16(24)23-12-4-5-13-14(9-12)26-17(25-13)7-1-2-8-17/h3-6,9-10H,1-2,7-8H2,(H,23,24). The molecule has 0 bridgehead atoms. The SMILES string of the molecule is O=C(Nc1ccc2c(c1)OC1(CCCC1)O2)c1ccc(C(F)(F)F)nc1. The van der Waals surface area contributed by atoms with E-state index < -0.39 is 23.6 Å². The lowest BCUT2D eigenvalue weighted by molar-refractivity contribution is -0.141. The number of fused-ring (bicyclic) bond motifs is 1. The van der Waals surface area contributed by atoms with E-state index in [2.05, 4.69) is 10.3 Å². The Kier molecular flexibility index (Phi) is 3.78. The first-order valence-corrected chi connectivity index (χ1v) is 8.21. The van der Waals surface area contributed by atoms with Crippen LogP contribution in [0.5, 0.6) is 11.5 Å². The molecule has 4 rings (SSSR count). The van der Waals surface area contributed by atoms with Crippen molar-refractivity contribution in [2.24, 2.45) is 0 Å². The number of pyridine rings is 1. The van der Waals surface area contributed by atoms with Crippen molar-refractivity contribution in [2.75, 3.05) is 5.32 Å². The summed E-state index contributed by atoms with van der Waals surface area (Å²) < 4.78 is 49.4. The van der Waals surface area contributed by atoms with Crippen molar-refractivity contribution in [3.63, 3.8) is 0 Å². The van der Waals surface area contributed by atoms with Gasteiger partial charge in [0.05, 0.1) is 5.56 Å². The lowest BCUT2D eigenvalue weighted by Gasteiger charge is -2.21. The van der Waals surface area contributed by atoms with Gasteiger partial charge in [-0.1, -0.05) is 0 Å². The van der Waals surface area contributed by atoms with Crippen molar-refractivity contribution in [2.45, 2.75) is 37.6 Å². The number of hydrogen-bond acceptors (Lipinski definition) is 4. The fourth-order valence-electron chi connectivity index (χ4n) is 3.19. The number of amides is 1. The molecule has 2 aliphatic rings. The average Bonchev–Trinajstić information content (AvgIpc) is 3.20. The Morgan fingerprint density at radius 3 is 2.46 bits per heavy atom. The van der Waals surface area contributed by atoms with Crippen LogP contribution in [0.1, 0.15) is 41.7 Å². The summed E-state index contributed by atoms with van der Waals surface area (Å²) in [6.45, 7) is 0. The number of halogens is 3. The number of nitrogens with zero attached hydrogens (tertiary/aromatic N) is 1. The Bertz CT molecular complexity index is 844. The number of anilines is 1. The second-order valence-corrected chi connectivity index (χ2v) is 6.37. The summed E-state index contributed by atoms with van der Waals surface area (Å²) in [6.07, 6.45) is 0.0827. The van der Waals surface area contributed by atoms with Gasteiger partial charge in [0.2, 0.25) is 0 Å². The molecule has 0 radical (unpaired) electrons. The minimum Gasteiger partial charge on any atom is -0.448 e. The van der Waals surface area contributed by atoms with E-state index in [1.54, 1.807) is 18.2 Å². The van der Waals surface area contributed by atoms with Crippen molar-refractivity contribution in [1.29, 1.82) is 0 Å². The molecule has 2 heterocycles. The Morgan fingerprint density at radius 2 is 1.81 bits per heavy atom. The van der Waals surface area contributed by atoms with Crippen LogP contribution >= 0.6 is 0 Å². The zero-order valence-electron chi connectivity index (χ0n) is 13.6. The van der Waals surface area contributed by atoms with Crippen LogP contribution in [0.15, 0.2) is 36.5 Å². The molecule has 1 aromatic heterocycles. The molecule has 1 aromatic carbocycles. The minimum atomic E-state index is -4.54. The quantitative estimate of drug-likeness (QED) is 0.858. The number of benzene rings is 1.